The van der Waals surface area contributed by atoms with E-state index in [0.29, 0.717) is 11.5 Å². The van der Waals surface area contributed by atoms with Gasteiger partial charge in [0.15, 0.2) is 0 Å². The zero-order valence-corrected chi connectivity index (χ0v) is 31.8. The summed E-state index contributed by atoms with van der Waals surface area (Å²) in [5.41, 5.74) is 6.95. The van der Waals surface area contributed by atoms with Crippen LogP contribution in [0.4, 0.5) is 11.4 Å². The van der Waals surface area contributed by atoms with Crippen LogP contribution in [0.5, 0.6) is 11.5 Å². The van der Waals surface area contributed by atoms with E-state index in [4.69, 9.17) is 29.8 Å². The molecule has 2 N–H and O–H groups in total. The summed E-state index contributed by atoms with van der Waals surface area (Å²) in [6.07, 6.45) is 9.94. The third-order valence-corrected chi connectivity index (χ3v) is 7.19. The van der Waals surface area contributed by atoms with Crippen LogP contribution in [0.2, 0.25) is 0 Å². The van der Waals surface area contributed by atoms with E-state index in [0.717, 1.165) is 86.0 Å². The van der Waals surface area contributed by atoms with Crippen molar-refractivity contribution in [2.75, 3.05) is 0 Å². The first-order valence-corrected chi connectivity index (χ1v) is 16.6. The maximum Gasteiger partial charge on any atom is 2.00 e. The molecule has 1 radical (unpaired) electrons. The summed E-state index contributed by atoms with van der Waals surface area (Å²) >= 11 is 0. The van der Waals surface area contributed by atoms with Gasteiger partial charge in [0.2, 0.25) is 0 Å². The normalized spacial score (nSPS) is 11.3. The molecule has 0 saturated carbocycles. The average molecular weight is 718 g/mol. The Morgan fingerprint density at radius 3 is 1.29 bits per heavy atom. The van der Waals surface area contributed by atoms with Gasteiger partial charge >= 0.3 is 16.8 Å². The second-order valence-electron chi connectivity index (χ2n) is 13.9. The Kier molecular flexibility index (Phi) is 19.5. The predicted octanol–water partition coefficient (Wildman–Crippen LogP) is 7.39. The van der Waals surface area contributed by atoms with Crippen LogP contribution in [-0.2, 0) is 50.0 Å². The number of aromatic hydroxyl groups is 2. The maximum absolute atomic E-state index is 11.1. The summed E-state index contributed by atoms with van der Waals surface area (Å²) < 4.78 is 0. The zero-order chi connectivity index (χ0) is 36.7. The predicted molar refractivity (Wildman–Crippen MR) is 193 cm³/mol. The number of benzene rings is 3. The number of aliphatic imine (C=N–C) groups is 2. The minimum atomic E-state index is -1.08. The molecule has 0 fully saturated rings. The summed E-state index contributed by atoms with van der Waals surface area (Å²) in [7, 11) is 0. The number of carboxylic acids is 2. The molecule has 0 atom stereocenters. The topological polar surface area (TPSA) is 145 Å². The molecule has 0 aliphatic heterocycles. The molecule has 3 aromatic carbocycles. The van der Waals surface area contributed by atoms with Gasteiger partial charge in [0.1, 0.15) is 11.5 Å². The molecule has 3 aromatic rings. The number of unbranched alkanes of at least 4 members (excludes halogenated alkanes) is 2. The Balaban J connectivity index is 0.00000230. The molecule has 0 unspecified atom stereocenters. The summed E-state index contributed by atoms with van der Waals surface area (Å²) in [5.74, 6) is -1.59. The molecule has 3 rings (SSSR count). The molecule has 0 amide bonds. The van der Waals surface area contributed by atoms with Crippen LogP contribution in [0.1, 0.15) is 128 Å². The number of aliphatic carboxylic acids is 2. The third-order valence-electron chi connectivity index (χ3n) is 7.19. The molecule has 9 heteroatoms. The Morgan fingerprint density at radius 1 is 0.673 bits per heavy atom. The van der Waals surface area contributed by atoms with E-state index in [9.17, 15) is 10.2 Å². The van der Waals surface area contributed by atoms with Crippen LogP contribution in [-0.4, -0.2) is 34.6 Å². The first kappa shape index (κ1) is 45.0. The fourth-order valence-electron chi connectivity index (χ4n) is 4.77. The number of carboxylic acid groups (broad SMARTS) is 2. The Hall–Kier alpha value is -3.95. The second-order valence-corrected chi connectivity index (χ2v) is 13.9. The van der Waals surface area contributed by atoms with Gasteiger partial charge < -0.3 is 30.0 Å². The summed E-state index contributed by atoms with van der Waals surface area (Å²) in [4.78, 5) is 27.2. The van der Waals surface area contributed by atoms with Gasteiger partial charge in [-0.1, -0.05) is 86.4 Å². The molecule has 49 heavy (non-hydrogen) atoms. The molecule has 0 heterocycles. The average Bonchev–Trinajstić information content (AvgIpc) is 2.97. The van der Waals surface area contributed by atoms with Crippen molar-refractivity contribution in [1.29, 1.82) is 0 Å². The number of hydrogen-bond donors (Lipinski definition) is 2. The van der Waals surface area contributed by atoms with Crippen LogP contribution >= 0.6 is 0 Å². The number of carbonyl (C=O) groups excluding carboxylic acids is 2. The van der Waals surface area contributed by atoms with Crippen LogP contribution in [0, 0.1) is 0 Å². The van der Waals surface area contributed by atoms with Gasteiger partial charge in [-0.2, -0.15) is 0 Å². The van der Waals surface area contributed by atoms with Crippen LogP contribution < -0.4 is 10.2 Å². The van der Waals surface area contributed by atoms with Crippen molar-refractivity contribution in [2.45, 2.75) is 119 Å². The molecular weight excluding hydrogens is 663 g/mol. The fraction of sp³-hybridized carbons (Fsp3) is 0.450. The molecular formula is C40H54CoN2O6. The summed E-state index contributed by atoms with van der Waals surface area (Å²) in [6, 6.07) is 16.1. The smallest absolute Gasteiger partial charge is 0.550 e. The largest absolute Gasteiger partial charge is 2.00 e. The number of hydrogen-bond acceptors (Lipinski definition) is 8. The van der Waals surface area contributed by atoms with Crippen LogP contribution in [0.25, 0.3) is 0 Å². The first-order chi connectivity index (χ1) is 22.3. The molecule has 0 aromatic heterocycles. The number of aryl methyl sites for hydroxylation is 2. The maximum atomic E-state index is 11.1. The molecule has 0 bridgehead atoms. The van der Waals surface area contributed by atoms with E-state index < -0.39 is 11.9 Å². The van der Waals surface area contributed by atoms with Crippen LogP contribution in [0.15, 0.2) is 58.5 Å². The molecule has 269 valence electrons. The quantitative estimate of drug-likeness (QED) is 0.209. The van der Waals surface area contributed by atoms with Crippen molar-refractivity contribution in [3.63, 3.8) is 0 Å². The molecule has 0 saturated heterocycles. The van der Waals surface area contributed by atoms with Gasteiger partial charge in [-0.3, -0.25) is 9.98 Å². The van der Waals surface area contributed by atoms with Crippen molar-refractivity contribution in [2.24, 2.45) is 9.98 Å². The van der Waals surface area contributed by atoms with Crippen molar-refractivity contribution in [1.82, 2.24) is 0 Å². The van der Waals surface area contributed by atoms with Crippen LogP contribution in [0.3, 0.4) is 0 Å². The zero-order valence-electron chi connectivity index (χ0n) is 30.8. The Bertz CT molecular complexity index is 1450. The summed E-state index contributed by atoms with van der Waals surface area (Å²) in [6.45, 7) is 19.1. The number of carbonyl (C=O) groups is 2. The fourth-order valence-corrected chi connectivity index (χ4v) is 4.77. The van der Waals surface area contributed by atoms with Gasteiger partial charge in [-0.05, 0) is 91.8 Å². The van der Waals surface area contributed by atoms with E-state index in [1.165, 1.54) is 11.1 Å². The molecule has 0 aliphatic carbocycles. The van der Waals surface area contributed by atoms with Gasteiger partial charge in [0.25, 0.3) is 0 Å². The Labute approximate surface area is 303 Å². The Morgan fingerprint density at radius 2 is 1.00 bits per heavy atom. The number of phenolic OH excluding ortho intramolecular Hbond substituents is 2. The van der Waals surface area contributed by atoms with E-state index in [2.05, 4.69) is 67.5 Å². The summed E-state index contributed by atoms with van der Waals surface area (Å²) in [5, 5.41) is 39.9. The van der Waals surface area contributed by atoms with Crippen molar-refractivity contribution < 1.29 is 46.8 Å². The first-order valence-electron chi connectivity index (χ1n) is 16.6. The van der Waals surface area contributed by atoms with Crippen molar-refractivity contribution in [3.8, 4) is 11.5 Å². The standard InChI is InChI=1S/C36H48N2O2.2C2H4O2.Co/c1-9-11-14-25-18-27(33(39)31(20-25)35(3,4)5)23-37-29-16-13-17-30(22-29)38-24-28-19-26(15-12-10-2)21-32(34(28)40)36(6,7)8;2*1-2(3)4;/h13,16-24,39-40H,9-12,14-15H2,1-8H3;2*1H3,(H,3,4);/q;;;+2/p-2. The third kappa shape index (κ3) is 16.8. The number of phenols is 2. The van der Waals surface area contributed by atoms with Crippen molar-refractivity contribution in [3.05, 3.63) is 81.9 Å². The second kappa shape index (κ2) is 21.2. The van der Waals surface area contributed by atoms with Gasteiger partial charge in [0, 0.05) is 46.6 Å². The monoisotopic (exact) mass is 717 g/mol. The van der Waals surface area contributed by atoms with E-state index in [1.54, 1.807) is 12.4 Å². The van der Waals surface area contributed by atoms with Gasteiger partial charge in [-0.25, -0.2) is 0 Å². The SMILES string of the molecule is CC(=O)[O-].CC(=O)[O-].CCCCc1cc(C=Nc2cccc(N=Cc3cc(CCCC)cc(C(C)(C)C)c3O)c2)c(O)c(C(C)(C)C)c1.[Co+2]. The van der Waals surface area contributed by atoms with E-state index >= 15 is 0 Å². The minimum Gasteiger partial charge on any atom is -0.550 e. The molecule has 8 nitrogen and oxygen atoms in total. The van der Waals surface area contributed by atoms with E-state index in [-0.39, 0.29) is 27.6 Å². The minimum absolute atomic E-state index is 0. The van der Waals surface area contributed by atoms with E-state index in [1.807, 2.05) is 36.4 Å². The molecule has 0 aliphatic rings. The van der Waals surface area contributed by atoms with Gasteiger partial charge in [-0.15, -0.1) is 0 Å². The number of rotatable bonds is 10. The number of nitrogens with zero attached hydrogens (tertiary/aromatic N) is 2. The molecule has 0 spiro atoms. The van der Waals surface area contributed by atoms with Crippen molar-refractivity contribution >= 4 is 35.7 Å². The van der Waals surface area contributed by atoms with Gasteiger partial charge in [0.05, 0.1) is 11.4 Å².